The Kier molecular flexibility index (Phi) is 3.31. The summed E-state index contributed by atoms with van der Waals surface area (Å²) < 4.78 is 26.8. The molecule has 0 spiro atoms. The van der Waals surface area contributed by atoms with Gasteiger partial charge in [-0.15, -0.1) is 0 Å². The Morgan fingerprint density at radius 1 is 1.05 bits per heavy atom. The maximum Gasteiger partial charge on any atom is 0.268 e. The zero-order chi connectivity index (χ0) is 15.0. The van der Waals surface area contributed by atoms with Crippen molar-refractivity contribution in [2.75, 3.05) is 0 Å². The summed E-state index contributed by atoms with van der Waals surface area (Å²) in [4.78, 5) is 0.235. The zero-order valence-electron chi connectivity index (χ0n) is 11.5. The third kappa shape index (κ3) is 2.24. The molecular weight excluding hydrogens is 286 g/mol. The maximum absolute atomic E-state index is 12.8. The Balaban J connectivity index is 2.26. The van der Waals surface area contributed by atoms with Gasteiger partial charge in [-0.2, -0.15) is 0 Å². The van der Waals surface area contributed by atoms with Crippen molar-refractivity contribution in [3.63, 3.8) is 0 Å². The molecule has 3 aromatic rings. The molecule has 1 N–H and O–H groups in total. The fourth-order valence-electron chi connectivity index (χ4n) is 2.39. The van der Waals surface area contributed by atoms with Crippen LogP contribution >= 0.6 is 0 Å². The molecule has 0 fully saturated rings. The van der Waals surface area contributed by atoms with E-state index in [0.29, 0.717) is 11.1 Å². The van der Waals surface area contributed by atoms with Gasteiger partial charge >= 0.3 is 0 Å². The van der Waals surface area contributed by atoms with E-state index in [1.54, 1.807) is 42.5 Å². The lowest BCUT2D eigenvalue weighted by atomic mass is 10.1. The molecule has 0 aliphatic carbocycles. The minimum atomic E-state index is -3.67. The largest absolute Gasteiger partial charge is 0.392 e. The van der Waals surface area contributed by atoms with Gasteiger partial charge in [-0.25, -0.2) is 12.4 Å². The summed E-state index contributed by atoms with van der Waals surface area (Å²) in [5, 5.41) is 10.2. The molecule has 21 heavy (non-hydrogen) atoms. The number of aliphatic hydroxyl groups is 1. The Hall–Kier alpha value is -2.11. The average Bonchev–Trinajstić information content (AvgIpc) is 2.92. The van der Waals surface area contributed by atoms with E-state index in [9.17, 15) is 13.5 Å². The second-order valence-corrected chi connectivity index (χ2v) is 6.76. The number of aromatic nitrogens is 1. The van der Waals surface area contributed by atoms with Crippen molar-refractivity contribution in [3.8, 4) is 0 Å². The van der Waals surface area contributed by atoms with Crippen LogP contribution in [-0.4, -0.2) is 17.5 Å². The minimum absolute atomic E-state index is 0.204. The molecule has 0 saturated carbocycles. The number of rotatable bonds is 3. The van der Waals surface area contributed by atoms with E-state index in [4.69, 9.17) is 0 Å². The molecule has 0 radical (unpaired) electrons. The van der Waals surface area contributed by atoms with Gasteiger partial charge in [-0.1, -0.05) is 35.9 Å². The van der Waals surface area contributed by atoms with Crippen molar-refractivity contribution in [2.45, 2.75) is 18.4 Å². The van der Waals surface area contributed by atoms with Crippen molar-refractivity contribution in [3.05, 3.63) is 65.9 Å². The average molecular weight is 301 g/mol. The van der Waals surface area contributed by atoms with Crippen LogP contribution in [0.25, 0.3) is 10.9 Å². The van der Waals surface area contributed by atoms with E-state index in [0.717, 1.165) is 10.9 Å². The van der Waals surface area contributed by atoms with Gasteiger partial charge in [0.2, 0.25) is 0 Å². The highest BCUT2D eigenvalue weighted by Gasteiger charge is 2.20. The molecule has 0 aliphatic heterocycles. The third-order valence-corrected chi connectivity index (χ3v) is 5.20. The number of para-hydroxylation sites is 1. The number of benzene rings is 2. The van der Waals surface area contributed by atoms with Crippen molar-refractivity contribution < 1.29 is 13.5 Å². The van der Waals surface area contributed by atoms with E-state index in [-0.39, 0.29) is 11.5 Å². The molecule has 108 valence electrons. The molecule has 0 atom stereocenters. The van der Waals surface area contributed by atoms with Gasteiger partial charge in [0.05, 0.1) is 17.0 Å². The Bertz CT molecular complexity index is 893. The quantitative estimate of drug-likeness (QED) is 0.809. The highest BCUT2D eigenvalue weighted by atomic mass is 32.2. The lowest BCUT2D eigenvalue weighted by molar-refractivity contribution is 0.283. The number of aryl methyl sites for hydroxylation is 1. The summed E-state index contributed by atoms with van der Waals surface area (Å²) in [6.07, 6.45) is 1.53. The molecule has 0 unspecified atom stereocenters. The zero-order valence-corrected chi connectivity index (χ0v) is 12.3. The first-order valence-electron chi connectivity index (χ1n) is 6.56. The van der Waals surface area contributed by atoms with Gasteiger partial charge in [0.25, 0.3) is 10.0 Å². The number of hydrogen-bond acceptors (Lipinski definition) is 3. The predicted octanol–water partition coefficient (Wildman–Crippen LogP) is 2.68. The molecule has 2 aromatic carbocycles. The highest BCUT2D eigenvalue weighted by Crippen LogP contribution is 2.25. The maximum atomic E-state index is 12.8. The van der Waals surface area contributed by atoms with Gasteiger partial charge in [-0.3, -0.25) is 0 Å². The molecule has 0 amide bonds. The Labute approximate surface area is 123 Å². The fourth-order valence-corrected chi connectivity index (χ4v) is 3.78. The summed E-state index contributed by atoms with van der Waals surface area (Å²) in [5.41, 5.74) is 2.12. The van der Waals surface area contributed by atoms with Crippen LogP contribution in [0.2, 0.25) is 0 Å². The molecule has 1 heterocycles. The Morgan fingerprint density at radius 3 is 2.43 bits per heavy atom. The van der Waals surface area contributed by atoms with Crippen LogP contribution in [0.3, 0.4) is 0 Å². The van der Waals surface area contributed by atoms with E-state index < -0.39 is 10.0 Å². The molecule has 5 heteroatoms. The first-order valence-corrected chi connectivity index (χ1v) is 8.00. The normalized spacial score (nSPS) is 11.9. The van der Waals surface area contributed by atoms with Crippen LogP contribution in [0.5, 0.6) is 0 Å². The lowest BCUT2D eigenvalue weighted by Gasteiger charge is -2.10. The molecule has 0 bridgehead atoms. The van der Waals surface area contributed by atoms with E-state index in [2.05, 4.69) is 0 Å². The van der Waals surface area contributed by atoms with Crippen molar-refractivity contribution in [1.82, 2.24) is 3.97 Å². The van der Waals surface area contributed by atoms with Crippen LogP contribution in [0.15, 0.2) is 59.6 Å². The smallest absolute Gasteiger partial charge is 0.268 e. The second kappa shape index (κ2) is 5.02. The van der Waals surface area contributed by atoms with Crippen LogP contribution in [-0.2, 0) is 16.6 Å². The number of aliphatic hydroxyl groups excluding tert-OH is 1. The summed E-state index contributed by atoms with van der Waals surface area (Å²) in [6, 6.07) is 13.8. The van der Waals surface area contributed by atoms with Gasteiger partial charge in [-0.05, 0) is 25.1 Å². The molecule has 1 aromatic heterocycles. The summed E-state index contributed by atoms with van der Waals surface area (Å²) in [5.74, 6) is 0. The molecule has 4 nitrogen and oxygen atoms in total. The van der Waals surface area contributed by atoms with Gasteiger partial charge in [0.15, 0.2) is 0 Å². The molecule has 0 saturated heterocycles. The van der Waals surface area contributed by atoms with Crippen LogP contribution < -0.4 is 0 Å². The topological polar surface area (TPSA) is 59.3 Å². The minimum Gasteiger partial charge on any atom is -0.392 e. The van der Waals surface area contributed by atoms with Crippen LogP contribution in [0.1, 0.15) is 11.1 Å². The molecule has 3 rings (SSSR count). The predicted molar refractivity (Wildman–Crippen MR) is 81.6 cm³/mol. The summed E-state index contributed by atoms with van der Waals surface area (Å²) in [7, 11) is -3.67. The third-order valence-electron chi connectivity index (χ3n) is 3.51. The van der Waals surface area contributed by atoms with E-state index >= 15 is 0 Å². The standard InChI is InChI=1S/C16H15NO3S/c1-12-5-7-15(8-6-12)21(19,20)17-10-9-13-3-2-4-14(11-18)16(13)17/h2-10,18H,11H2,1H3. The first-order chi connectivity index (χ1) is 10.0. The van der Waals surface area contributed by atoms with Crippen LogP contribution in [0.4, 0.5) is 0 Å². The van der Waals surface area contributed by atoms with E-state index in [1.165, 1.54) is 10.2 Å². The highest BCUT2D eigenvalue weighted by molar-refractivity contribution is 7.90. The van der Waals surface area contributed by atoms with Gasteiger partial charge < -0.3 is 5.11 Å². The number of hydrogen-bond donors (Lipinski definition) is 1. The molecule has 0 aliphatic rings. The second-order valence-electron chi connectivity index (χ2n) is 4.94. The van der Waals surface area contributed by atoms with Gasteiger partial charge in [0, 0.05) is 17.1 Å². The van der Waals surface area contributed by atoms with Crippen LogP contribution in [0, 0.1) is 6.92 Å². The van der Waals surface area contributed by atoms with Crippen molar-refractivity contribution in [2.24, 2.45) is 0 Å². The summed E-state index contributed by atoms with van der Waals surface area (Å²) in [6.45, 7) is 1.70. The summed E-state index contributed by atoms with van der Waals surface area (Å²) >= 11 is 0. The number of nitrogens with zero attached hydrogens (tertiary/aromatic N) is 1. The van der Waals surface area contributed by atoms with E-state index in [1.807, 2.05) is 13.0 Å². The van der Waals surface area contributed by atoms with Crippen molar-refractivity contribution >= 4 is 20.9 Å². The monoisotopic (exact) mass is 301 g/mol. The molecular formula is C16H15NO3S. The van der Waals surface area contributed by atoms with Crippen molar-refractivity contribution in [1.29, 1.82) is 0 Å². The number of fused-ring (bicyclic) bond motifs is 1. The SMILES string of the molecule is Cc1ccc(S(=O)(=O)n2ccc3cccc(CO)c32)cc1. The Morgan fingerprint density at radius 2 is 1.76 bits per heavy atom. The first kappa shape index (κ1) is 13.9. The fraction of sp³-hybridized carbons (Fsp3) is 0.125. The van der Waals surface area contributed by atoms with Gasteiger partial charge in [0.1, 0.15) is 0 Å². The lowest BCUT2D eigenvalue weighted by Crippen LogP contribution is -2.12.